The number of rotatable bonds is 7. The molecule has 0 bridgehead atoms. The van der Waals surface area contributed by atoms with Gasteiger partial charge in [0.05, 0.1) is 22.4 Å². The predicted octanol–water partition coefficient (Wildman–Crippen LogP) is 22.6. The summed E-state index contributed by atoms with van der Waals surface area (Å²) in [6.45, 7) is 34.6. The highest BCUT2D eigenvalue weighted by atomic mass is 15.1. The summed E-state index contributed by atoms with van der Waals surface area (Å²) in [5.74, 6) is 0. The zero-order chi connectivity index (χ0) is 56.4. The molecular formula is C78H78N2. The molecule has 0 amide bonds. The topological polar surface area (TPSA) is 8.17 Å². The Kier molecular flexibility index (Phi) is 12.4. The summed E-state index contributed by atoms with van der Waals surface area (Å²) < 4.78 is 2.54. The minimum atomic E-state index is -0.116. The molecule has 0 saturated carbocycles. The van der Waals surface area contributed by atoms with Gasteiger partial charge in [0.25, 0.3) is 0 Å². The number of nitrogens with zero attached hydrogens (tertiary/aromatic N) is 2. The second kappa shape index (κ2) is 18.8. The van der Waals surface area contributed by atoms with E-state index in [1.165, 1.54) is 121 Å². The maximum absolute atomic E-state index is 2.54. The van der Waals surface area contributed by atoms with Crippen molar-refractivity contribution in [3.63, 3.8) is 0 Å². The summed E-state index contributed by atoms with van der Waals surface area (Å²) in [6, 6.07) is 77.1. The zero-order valence-electron chi connectivity index (χ0n) is 49.9. The highest BCUT2D eigenvalue weighted by molar-refractivity contribution is 6.27. The molecule has 0 N–H and O–H groups in total. The quantitative estimate of drug-likeness (QED) is 0.144. The van der Waals surface area contributed by atoms with Crippen LogP contribution in [0.2, 0.25) is 0 Å². The van der Waals surface area contributed by atoms with E-state index in [1.807, 2.05) is 0 Å². The Morgan fingerprint density at radius 1 is 0.287 bits per heavy atom. The molecule has 1 heterocycles. The van der Waals surface area contributed by atoms with E-state index in [-0.39, 0.29) is 27.1 Å². The van der Waals surface area contributed by atoms with Crippen molar-refractivity contribution in [1.29, 1.82) is 0 Å². The Bertz CT molecular complexity index is 4250. The maximum atomic E-state index is 2.54. The first-order chi connectivity index (χ1) is 37.8. The van der Waals surface area contributed by atoms with Gasteiger partial charge in [-0.05, 0) is 170 Å². The molecule has 2 heteroatoms. The van der Waals surface area contributed by atoms with E-state index in [0.717, 1.165) is 17.1 Å². The van der Waals surface area contributed by atoms with Gasteiger partial charge in [-0.2, -0.15) is 0 Å². The van der Waals surface area contributed by atoms with Crippen molar-refractivity contribution in [3.05, 3.63) is 228 Å². The van der Waals surface area contributed by atoms with Crippen LogP contribution in [0.4, 0.5) is 17.1 Å². The van der Waals surface area contributed by atoms with Crippen LogP contribution in [0.5, 0.6) is 0 Å². The van der Waals surface area contributed by atoms with Crippen molar-refractivity contribution in [3.8, 4) is 39.1 Å². The average molecular weight is 1040 g/mol. The van der Waals surface area contributed by atoms with Gasteiger partial charge in [-0.15, -0.1) is 0 Å². The predicted molar refractivity (Wildman–Crippen MR) is 349 cm³/mol. The first kappa shape index (κ1) is 52.7. The van der Waals surface area contributed by atoms with Crippen molar-refractivity contribution < 1.29 is 0 Å². The number of benzene rings is 11. The van der Waals surface area contributed by atoms with Gasteiger partial charge < -0.3 is 9.47 Å². The zero-order valence-corrected chi connectivity index (χ0v) is 49.9. The third-order valence-electron chi connectivity index (χ3n) is 17.1. The van der Waals surface area contributed by atoms with Crippen LogP contribution in [0.1, 0.15) is 132 Å². The monoisotopic (exact) mass is 1040 g/mol. The van der Waals surface area contributed by atoms with Gasteiger partial charge in [0.2, 0.25) is 0 Å². The van der Waals surface area contributed by atoms with E-state index < -0.39 is 0 Å². The number of hydrogen-bond donors (Lipinski definition) is 0. The molecule has 11 aromatic carbocycles. The van der Waals surface area contributed by atoms with Crippen LogP contribution in [0, 0.1) is 0 Å². The van der Waals surface area contributed by atoms with E-state index in [2.05, 4.69) is 314 Å². The van der Waals surface area contributed by atoms with Crippen molar-refractivity contribution in [2.75, 3.05) is 4.90 Å². The van der Waals surface area contributed by atoms with Crippen molar-refractivity contribution in [2.24, 2.45) is 0 Å². The van der Waals surface area contributed by atoms with Crippen LogP contribution >= 0.6 is 0 Å². The Morgan fingerprint density at radius 3 is 1.21 bits per heavy atom. The fourth-order valence-corrected chi connectivity index (χ4v) is 12.2. The summed E-state index contributed by atoms with van der Waals surface area (Å²) in [5, 5.41) is 10.1. The standard InChI is InChI=1S/C78H78N2/c1-74(2,3)55-30-20-49(21-31-55)54-44-59(78(13,14)15)46-61(45-54)79(60-36-24-51(25-37-60)63-19-17-16-18-62(63)50-22-32-56(33-23-50)75(4,5)6)68-40-28-52-27-39-65-69(41-29-53-26-38-64(68)72(52)73(53)65)80-70-42-34-57(76(7,8)9)47-66(70)67-48-58(77(10,11)12)35-43-71(67)80/h16-48H,1-15H3. The van der Waals surface area contributed by atoms with Crippen LogP contribution in [-0.2, 0) is 27.1 Å². The Hall–Kier alpha value is -7.94. The highest BCUT2D eigenvalue weighted by Crippen LogP contribution is 2.48. The summed E-state index contributed by atoms with van der Waals surface area (Å²) in [5.41, 5.74) is 21.0. The second-order valence-corrected chi connectivity index (χ2v) is 28.0. The van der Waals surface area contributed by atoms with Crippen molar-refractivity contribution in [1.82, 2.24) is 4.57 Å². The van der Waals surface area contributed by atoms with Crippen LogP contribution in [0.3, 0.4) is 0 Å². The van der Waals surface area contributed by atoms with Gasteiger partial charge in [-0.25, -0.2) is 0 Å². The van der Waals surface area contributed by atoms with Crippen molar-refractivity contribution >= 4 is 71.2 Å². The lowest BCUT2D eigenvalue weighted by Crippen LogP contribution is -2.15. The first-order valence-electron chi connectivity index (χ1n) is 29.0. The summed E-state index contributed by atoms with van der Waals surface area (Å²) >= 11 is 0. The molecule has 0 aliphatic rings. The largest absolute Gasteiger partial charge is 0.310 e. The highest BCUT2D eigenvalue weighted by Gasteiger charge is 2.26. The fourth-order valence-electron chi connectivity index (χ4n) is 12.2. The van der Waals surface area contributed by atoms with Gasteiger partial charge >= 0.3 is 0 Å². The molecule has 80 heavy (non-hydrogen) atoms. The van der Waals surface area contributed by atoms with Crippen molar-refractivity contribution in [2.45, 2.75) is 131 Å². The van der Waals surface area contributed by atoms with Gasteiger partial charge in [0.15, 0.2) is 0 Å². The lowest BCUT2D eigenvalue weighted by Gasteiger charge is -2.30. The Morgan fingerprint density at radius 2 is 0.713 bits per heavy atom. The SMILES string of the molecule is CC(C)(C)c1ccc(-c2cc(N(c3ccc(-c4ccccc4-c4ccc(C(C)(C)C)cc4)cc3)c3ccc4ccc5c(-n6c7ccc(C(C)(C)C)cc7c7cc(C(C)(C)C)ccc76)ccc6ccc3c4c65)cc(C(C)(C)C)c2)cc1. The molecule has 0 fully saturated rings. The molecule has 0 radical (unpaired) electrons. The molecule has 0 aliphatic carbocycles. The molecule has 0 unspecified atom stereocenters. The Labute approximate surface area is 476 Å². The van der Waals surface area contributed by atoms with Crippen LogP contribution in [-0.4, -0.2) is 4.57 Å². The van der Waals surface area contributed by atoms with Crippen LogP contribution in [0.15, 0.2) is 200 Å². The number of aromatic nitrogens is 1. The maximum Gasteiger partial charge on any atom is 0.0541 e. The van der Waals surface area contributed by atoms with E-state index in [0.29, 0.717) is 0 Å². The summed E-state index contributed by atoms with van der Waals surface area (Å²) in [7, 11) is 0. The summed E-state index contributed by atoms with van der Waals surface area (Å²) in [4.78, 5) is 2.53. The first-order valence-corrected chi connectivity index (χ1v) is 29.0. The molecule has 2 nitrogen and oxygen atoms in total. The minimum Gasteiger partial charge on any atom is -0.310 e. The van der Waals surface area contributed by atoms with Crippen LogP contribution in [0.25, 0.3) is 93.2 Å². The van der Waals surface area contributed by atoms with Gasteiger partial charge in [0, 0.05) is 32.9 Å². The normalized spacial score (nSPS) is 12.9. The molecule has 0 atom stereocenters. The van der Waals surface area contributed by atoms with Gasteiger partial charge in [0.1, 0.15) is 0 Å². The van der Waals surface area contributed by atoms with E-state index in [9.17, 15) is 0 Å². The third-order valence-corrected chi connectivity index (χ3v) is 17.1. The molecule has 1 aromatic heterocycles. The smallest absolute Gasteiger partial charge is 0.0541 e. The number of fused-ring (bicyclic) bond motifs is 3. The average Bonchev–Trinajstić information content (AvgIpc) is 2.65. The summed E-state index contributed by atoms with van der Waals surface area (Å²) in [6.07, 6.45) is 0. The Balaban J connectivity index is 1.08. The third kappa shape index (κ3) is 9.35. The molecule has 0 aliphatic heterocycles. The van der Waals surface area contributed by atoms with E-state index in [1.54, 1.807) is 0 Å². The minimum absolute atomic E-state index is 0.0169. The lowest BCUT2D eigenvalue weighted by molar-refractivity contribution is 0.590. The van der Waals surface area contributed by atoms with Gasteiger partial charge in [-0.1, -0.05) is 243 Å². The molecule has 12 rings (SSSR count). The van der Waals surface area contributed by atoms with E-state index >= 15 is 0 Å². The fraction of sp³-hybridized carbons (Fsp3) is 0.256. The lowest BCUT2D eigenvalue weighted by atomic mass is 9.83. The second-order valence-electron chi connectivity index (χ2n) is 28.0. The molecule has 400 valence electrons. The number of hydrogen-bond acceptors (Lipinski definition) is 1. The molecule has 12 aromatic rings. The number of anilines is 3. The molecule has 0 saturated heterocycles. The van der Waals surface area contributed by atoms with Gasteiger partial charge in [-0.3, -0.25) is 0 Å². The van der Waals surface area contributed by atoms with Crippen LogP contribution < -0.4 is 4.90 Å². The van der Waals surface area contributed by atoms with E-state index in [4.69, 9.17) is 0 Å². The molecule has 0 spiro atoms. The molecular weight excluding hydrogens is 965 g/mol.